The summed E-state index contributed by atoms with van der Waals surface area (Å²) in [5.41, 5.74) is 4.53. The lowest BCUT2D eigenvalue weighted by atomic mass is 10.2. The van der Waals surface area contributed by atoms with E-state index >= 15 is 0 Å². The monoisotopic (exact) mass is 376 g/mol. The van der Waals surface area contributed by atoms with Gasteiger partial charge in [-0.1, -0.05) is 30.3 Å². The minimum absolute atomic E-state index is 0.0766. The number of aryl methyl sites for hydroxylation is 2. The molecular formula is C23H28N4O. The van der Waals surface area contributed by atoms with Crippen molar-refractivity contribution >= 4 is 11.6 Å². The van der Waals surface area contributed by atoms with Crippen LogP contribution in [0.15, 0.2) is 67.0 Å². The number of amides is 1. The maximum absolute atomic E-state index is 12.2. The molecule has 0 radical (unpaired) electrons. The lowest BCUT2D eigenvalue weighted by molar-refractivity contribution is -0.120. The Morgan fingerprint density at radius 2 is 1.96 bits per heavy atom. The van der Waals surface area contributed by atoms with Gasteiger partial charge < -0.3 is 10.2 Å². The van der Waals surface area contributed by atoms with Crippen molar-refractivity contribution in [2.24, 2.45) is 0 Å². The molecule has 0 atom stereocenters. The summed E-state index contributed by atoms with van der Waals surface area (Å²) in [6.07, 6.45) is 4.97. The molecule has 146 valence electrons. The van der Waals surface area contributed by atoms with E-state index in [2.05, 4.69) is 53.4 Å². The number of para-hydroxylation sites is 1. The normalized spacial score (nSPS) is 10.6. The quantitative estimate of drug-likeness (QED) is 0.619. The van der Waals surface area contributed by atoms with Crippen LogP contribution < -0.4 is 10.2 Å². The van der Waals surface area contributed by atoms with Crippen LogP contribution in [0.1, 0.15) is 24.5 Å². The lowest BCUT2D eigenvalue weighted by Gasteiger charge is -2.23. The first-order valence-electron chi connectivity index (χ1n) is 9.83. The van der Waals surface area contributed by atoms with Gasteiger partial charge >= 0.3 is 0 Å². The molecule has 1 aromatic heterocycles. The average molecular weight is 377 g/mol. The Labute approximate surface area is 167 Å². The Morgan fingerprint density at radius 3 is 2.71 bits per heavy atom. The van der Waals surface area contributed by atoms with E-state index in [1.165, 1.54) is 11.3 Å². The fraction of sp³-hybridized carbons (Fsp3) is 0.304. The van der Waals surface area contributed by atoms with Crippen LogP contribution in [0.5, 0.6) is 0 Å². The fourth-order valence-corrected chi connectivity index (χ4v) is 3.18. The fourth-order valence-electron chi connectivity index (χ4n) is 3.18. The minimum Gasteiger partial charge on any atom is -0.370 e. The van der Waals surface area contributed by atoms with Gasteiger partial charge in [0.15, 0.2) is 0 Å². The molecule has 0 aliphatic rings. The minimum atomic E-state index is 0.0766. The number of aromatic nitrogens is 2. The van der Waals surface area contributed by atoms with Crippen LogP contribution in [-0.2, 0) is 11.2 Å². The van der Waals surface area contributed by atoms with Crippen molar-refractivity contribution in [2.45, 2.75) is 26.7 Å². The second kappa shape index (κ2) is 9.74. The molecular weight excluding hydrogens is 348 g/mol. The van der Waals surface area contributed by atoms with Crippen LogP contribution in [-0.4, -0.2) is 35.3 Å². The topological polar surface area (TPSA) is 50.2 Å². The molecule has 1 heterocycles. The van der Waals surface area contributed by atoms with Gasteiger partial charge in [0.05, 0.1) is 11.9 Å². The summed E-state index contributed by atoms with van der Waals surface area (Å²) in [5.74, 6) is 0.0766. The highest BCUT2D eigenvalue weighted by Crippen LogP contribution is 2.15. The Hall–Kier alpha value is -3.08. The first-order valence-corrected chi connectivity index (χ1v) is 9.83. The number of likely N-dealkylation sites (N-methyl/N-ethyl adjacent to an activating group) is 1. The van der Waals surface area contributed by atoms with E-state index in [9.17, 15) is 4.79 Å². The van der Waals surface area contributed by atoms with Gasteiger partial charge in [-0.2, -0.15) is 5.10 Å². The molecule has 0 saturated heterocycles. The van der Waals surface area contributed by atoms with Crippen LogP contribution in [0.4, 0.5) is 5.69 Å². The number of carbonyl (C=O) groups is 1. The molecule has 0 saturated carbocycles. The van der Waals surface area contributed by atoms with Gasteiger partial charge in [-0.25, -0.2) is 4.68 Å². The molecule has 1 N–H and O–H groups in total. The summed E-state index contributed by atoms with van der Waals surface area (Å²) in [4.78, 5) is 14.5. The third-order valence-corrected chi connectivity index (χ3v) is 4.75. The molecule has 0 fully saturated rings. The van der Waals surface area contributed by atoms with Crippen LogP contribution in [0.25, 0.3) is 5.69 Å². The Kier molecular flexibility index (Phi) is 6.84. The van der Waals surface area contributed by atoms with Gasteiger partial charge in [0.25, 0.3) is 0 Å². The average Bonchev–Trinajstić information content (AvgIpc) is 3.19. The molecule has 0 unspecified atom stereocenters. The van der Waals surface area contributed by atoms with Crippen LogP contribution >= 0.6 is 0 Å². The van der Waals surface area contributed by atoms with E-state index < -0.39 is 0 Å². The molecule has 5 heteroatoms. The first kappa shape index (κ1) is 19.7. The van der Waals surface area contributed by atoms with Gasteiger partial charge in [0.2, 0.25) is 5.91 Å². The van der Waals surface area contributed by atoms with E-state index in [1.54, 1.807) is 0 Å². The van der Waals surface area contributed by atoms with Crippen LogP contribution in [0, 0.1) is 6.92 Å². The zero-order valence-corrected chi connectivity index (χ0v) is 16.6. The molecule has 0 aliphatic carbocycles. The molecule has 0 aliphatic heterocycles. The van der Waals surface area contributed by atoms with E-state index in [-0.39, 0.29) is 5.91 Å². The lowest BCUT2D eigenvalue weighted by Crippen LogP contribution is -2.35. The van der Waals surface area contributed by atoms with Crippen molar-refractivity contribution in [3.63, 3.8) is 0 Å². The third kappa shape index (κ3) is 5.46. The van der Waals surface area contributed by atoms with Crippen molar-refractivity contribution in [2.75, 3.05) is 24.5 Å². The maximum Gasteiger partial charge on any atom is 0.220 e. The number of rotatable bonds is 9. The standard InChI is InChI=1S/C23H28N4O/c1-3-26(22-11-7-8-19(2)16-22)15-14-24-23(28)13-12-20-17-25-27(18-20)21-9-5-4-6-10-21/h4-11,16-18H,3,12-15H2,1-2H3,(H,24,28). The van der Waals surface area contributed by atoms with E-state index in [0.717, 1.165) is 24.3 Å². The second-order valence-corrected chi connectivity index (χ2v) is 6.90. The predicted molar refractivity (Wildman–Crippen MR) is 114 cm³/mol. The first-order chi connectivity index (χ1) is 13.7. The maximum atomic E-state index is 12.2. The van der Waals surface area contributed by atoms with Crippen LogP contribution in [0.2, 0.25) is 0 Å². The molecule has 2 aromatic carbocycles. The SMILES string of the molecule is CCN(CCNC(=O)CCc1cnn(-c2ccccc2)c1)c1cccc(C)c1. The van der Waals surface area contributed by atoms with Gasteiger partial charge in [0.1, 0.15) is 0 Å². The smallest absolute Gasteiger partial charge is 0.220 e. The van der Waals surface area contributed by atoms with E-state index in [0.29, 0.717) is 19.4 Å². The Balaban J connectivity index is 1.43. The second-order valence-electron chi connectivity index (χ2n) is 6.90. The van der Waals surface area contributed by atoms with Crippen molar-refractivity contribution in [3.05, 3.63) is 78.1 Å². The van der Waals surface area contributed by atoms with Crippen LogP contribution in [0.3, 0.4) is 0 Å². The van der Waals surface area contributed by atoms with Crippen molar-refractivity contribution < 1.29 is 4.79 Å². The largest absolute Gasteiger partial charge is 0.370 e. The Morgan fingerprint density at radius 1 is 1.14 bits per heavy atom. The zero-order chi connectivity index (χ0) is 19.8. The summed E-state index contributed by atoms with van der Waals surface area (Å²) in [7, 11) is 0. The van der Waals surface area contributed by atoms with E-state index in [1.807, 2.05) is 47.4 Å². The van der Waals surface area contributed by atoms with Gasteiger partial charge in [-0.15, -0.1) is 0 Å². The molecule has 3 aromatic rings. The van der Waals surface area contributed by atoms with E-state index in [4.69, 9.17) is 0 Å². The van der Waals surface area contributed by atoms with Gasteiger partial charge in [-0.3, -0.25) is 4.79 Å². The summed E-state index contributed by atoms with van der Waals surface area (Å²) in [5, 5.41) is 7.41. The molecule has 0 spiro atoms. The number of anilines is 1. The molecule has 3 rings (SSSR count). The number of carbonyl (C=O) groups excluding carboxylic acids is 1. The zero-order valence-electron chi connectivity index (χ0n) is 16.6. The van der Waals surface area contributed by atoms with Crippen molar-refractivity contribution in [3.8, 4) is 5.69 Å². The molecule has 28 heavy (non-hydrogen) atoms. The van der Waals surface area contributed by atoms with Gasteiger partial charge in [-0.05, 0) is 55.7 Å². The number of nitrogens with one attached hydrogen (secondary N) is 1. The highest BCUT2D eigenvalue weighted by atomic mass is 16.1. The number of hydrogen-bond donors (Lipinski definition) is 1. The summed E-state index contributed by atoms with van der Waals surface area (Å²) in [6.45, 7) is 6.59. The highest BCUT2D eigenvalue weighted by Gasteiger charge is 2.07. The number of nitrogens with zero attached hydrogens (tertiary/aromatic N) is 3. The third-order valence-electron chi connectivity index (χ3n) is 4.75. The van der Waals surface area contributed by atoms with Crippen molar-refractivity contribution in [1.82, 2.24) is 15.1 Å². The number of hydrogen-bond acceptors (Lipinski definition) is 3. The molecule has 1 amide bonds. The molecule has 0 bridgehead atoms. The highest BCUT2D eigenvalue weighted by molar-refractivity contribution is 5.76. The van der Waals surface area contributed by atoms with Crippen molar-refractivity contribution in [1.29, 1.82) is 0 Å². The summed E-state index contributed by atoms with van der Waals surface area (Å²) < 4.78 is 1.84. The summed E-state index contributed by atoms with van der Waals surface area (Å²) in [6, 6.07) is 18.4. The summed E-state index contributed by atoms with van der Waals surface area (Å²) >= 11 is 0. The Bertz CT molecular complexity index is 888. The predicted octanol–water partition coefficient (Wildman–Crippen LogP) is 3.76. The van der Waals surface area contributed by atoms with Gasteiger partial charge in [0, 0.05) is 37.9 Å². The molecule has 5 nitrogen and oxygen atoms in total. The number of benzene rings is 2.